The molecule has 0 radical (unpaired) electrons. The third-order valence-corrected chi connectivity index (χ3v) is 10.6. The summed E-state index contributed by atoms with van der Waals surface area (Å²) >= 11 is 0. The summed E-state index contributed by atoms with van der Waals surface area (Å²) in [5.41, 5.74) is 0. The SMILES string of the molecule is C1C[NH+]2P(C1)[NH+]1CCCP21. The molecule has 3 aliphatic heterocycles. The molecular formula is C6H14N2P2+2. The first-order chi connectivity index (χ1) is 4.97. The van der Waals surface area contributed by atoms with E-state index in [1.54, 1.807) is 38.3 Å². The summed E-state index contributed by atoms with van der Waals surface area (Å²) in [6.07, 6.45) is 6.28. The highest BCUT2D eigenvalue weighted by atomic mass is 31.3. The van der Waals surface area contributed by atoms with E-state index in [1.165, 1.54) is 0 Å². The molecule has 3 rings (SSSR count). The van der Waals surface area contributed by atoms with Crippen molar-refractivity contribution in [3.8, 4) is 0 Å². The van der Waals surface area contributed by atoms with Crippen LogP contribution in [0.1, 0.15) is 12.8 Å². The Bertz CT molecular complexity index is 122. The van der Waals surface area contributed by atoms with Crippen LogP contribution in [0.4, 0.5) is 0 Å². The van der Waals surface area contributed by atoms with Crippen molar-refractivity contribution in [1.29, 1.82) is 0 Å². The fourth-order valence-corrected chi connectivity index (χ4v) is 11.0. The monoisotopic (exact) mass is 176 g/mol. The molecule has 0 bridgehead atoms. The van der Waals surface area contributed by atoms with Gasteiger partial charge in [0.15, 0.2) is 0 Å². The summed E-state index contributed by atoms with van der Waals surface area (Å²) in [7, 11) is 0.952. The summed E-state index contributed by atoms with van der Waals surface area (Å²) in [5.74, 6) is 0. The smallest absolute Gasteiger partial charge is 0.211 e. The first-order valence-corrected chi connectivity index (χ1v) is 7.29. The number of rotatable bonds is 0. The minimum Gasteiger partial charge on any atom is -0.211 e. The van der Waals surface area contributed by atoms with Gasteiger partial charge in [0.2, 0.25) is 0 Å². The van der Waals surface area contributed by atoms with E-state index in [0.717, 1.165) is 0 Å². The Kier molecular flexibility index (Phi) is 1.35. The Balaban J connectivity index is 1.84. The molecule has 0 aromatic heterocycles. The zero-order valence-corrected chi connectivity index (χ0v) is 7.93. The highest BCUT2D eigenvalue weighted by molar-refractivity contribution is 7.67. The molecule has 3 fully saturated rings. The van der Waals surface area contributed by atoms with Crippen molar-refractivity contribution < 1.29 is 8.88 Å². The molecule has 0 aromatic rings. The van der Waals surface area contributed by atoms with Crippen LogP contribution in [-0.4, -0.2) is 25.4 Å². The van der Waals surface area contributed by atoms with Crippen molar-refractivity contribution in [3.63, 3.8) is 0 Å². The minimum absolute atomic E-state index is 0.476. The molecule has 0 aliphatic carbocycles. The second kappa shape index (κ2) is 2.14. The van der Waals surface area contributed by atoms with Gasteiger partial charge in [-0.1, -0.05) is 0 Å². The summed E-state index contributed by atoms with van der Waals surface area (Å²) < 4.78 is 4.16. The van der Waals surface area contributed by atoms with Crippen LogP contribution >= 0.6 is 16.4 Å². The van der Waals surface area contributed by atoms with E-state index in [4.69, 9.17) is 0 Å². The number of hydrogen-bond acceptors (Lipinski definition) is 0. The van der Waals surface area contributed by atoms with Crippen LogP contribution in [0.2, 0.25) is 0 Å². The van der Waals surface area contributed by atoms with Crippen LogP contribution in [0, 0.1) is 0 Å². The van der Waals surface area contributed by atoms with Crippen LogP contribution in [0.25, 0.3) is 0 Å². The fourth-order valence-electron chi connectivity index (χ4n) is 2.39. The molecule has 0 amide bonds. The van der Waals surface area contributed by atoms with Crippen molar-refractivity contribution in [1.82, 2.24) is 0 Å². The van der Waals surface area contributed by atoms with Gasteiger partial charge >= 0.3 is 16.4 Å². The van der Waals surface area contributed by atoms with E-state index < -0.39 is 0 Å². The van der Waals surface area contributed by atoms with Gasteiger partial charge in [0.25, 0.3) is 0 Å². The highest BCUT2D eigenvalue weighted by Crippen LogP contribution is 2.45. The normalized spacial score (nSPS) is 57.6. The fraction of sp³-hybridized carbons (Fsp3) is 1.00. The van der Waals surface area contributed by atoms with Crippen LogP contribution in [0.3, 0.4) is 0 Å². The van der Waals surface area contributed by atoms with Gasteiger partial charge < -0.3 is 0 Å². The van der Waals surface area contributed by atoms with Gasteiger partial charge in [0, 0.05) is 12.8 Å². The predicted molar refractivity (Wildman–Crippen MR) is 44.5 cm³/mol. The van der Waals surface area contributed by atoms with Crippen molar-refractivity contribution in [2.45, 2.75) is 12.8 Å². The molecule has 3 aliphatic rings. The Hall–Kier alpha value is 0.780. The lowest BCUT2D eigenvalue weighted by Crippen LogP contribution is -3.32. The number of quaternary nitrogens is 2. The molecule has 10 heavy (non-hydrogen) atoms. The summed E-state index contributed by atoms with van der Waals surface area (Å²) in [5, 5.41) is 0. The van der Waals surface area contributed by atoms with Crippen LogP contribution in [0.15, 0.2) is 0 Å². The molecule has 0 spiro atoms. The van der Waals surface area contributed by atoms with E-state index >= 15 is 0 Å². The van der Waals surface area contributed by atoms with Crippen LogP contribution < -0.4 is 8.88 Å². The molecule has 56 valence electrons. The Morgan fingerprint density at radius 3 is 1.80 bits per heavy atom. The standard InChI is InChI=1S/C6H12N2P2/c1-3-7-9(5-1)8-4-2-6-10(7)8/h1-6H2/p+2. The van der Waals surface area contributed by atoms with Gasteiger partial charge in [-0.05, 0) is 0 Å². The van der Waals surface area contributed by atoms with E-state index in [1.807, 2.05) is 0 Å². The zero-order valence-electron chi connectivity index (χ0n) is 6.14. The average molecular weight is 176 g/mol. The quantitative estimate of drug-likeness (QED) is 0.447. The second-order valence-corrected chi connectivity index (χ2v) is 8.81. The summed E-state index contributed by atoms with van der Waals surface area (Å²) in [6.45, 7) is 3.09. The maximum absolute atomic E-state index is 2.08. The molecule has 2 nitrogen and oxygen atoms in total. The van der Waals surface area contributed by atoms with Gasteiger partial charge in [0.1, 0.15) is 0 Å². The number of fused-ring (bicyclic) bond motifs is 4. The number of nitrogens with one attached hydrogen (secondary N) is 2. The lowest BCUT2D eigenvalue weighted by molar-refractivity contribution is -0.829. The Morgan fingerprint density at radius 2 is 1.30 bits per heavy atom. The number of hydrogen-bond donors (Lipinski definition) is 2. The van der Waals surface area contributed by atoms with E-state index in [2.05, 4.69) is 8.88 Å². The third-order valence-electron chi connectivity index (χ3n) is 2.81. The maximum atomic E-state index is 2.08. The lowest BCUT2D eigenvalue weighted by Gasteiger charge is -2.37. The molecule has 0 saturated carbocycles. The Morgan fingerprint density at radius 1 is 0.800 bits per heavy atom. The molecular weight excluding hydrogens is 162 g/mol. The topological polar surface area (TPSA) is 8.88 Å². The maximum Gasteiger partial charge on any atom is 0.330 e. The predicted octanol–water partition coefficient (Wildman–Crippen LogP) is -0.799. The van der Waals surface area contributed by atoms with Gasteiger partial charge in [-0.2, -0.15) is 0 Å². The van der Waals surface area contributed by atoms with Crippen molar-refractivity contribution >= 4 is 16.4 Å². The van der Waals surface area contributed by atoms with Gasteiger partial charge in [0.05, 0.1) is 25.4 Å². The molecule has 0 aromatic carbocycles. The Labute approximate surface area is 64.3 Å². The molecule has 2 N–H and O–H groups in total. The average Bonchev–Trinajstić information content (AvgIpc) is 2.42. The first kappa shape index (κ1) is 6.31. The molecule has 3 heterocycles. The summed E-state index contributed by atoms with van der Waals surface area (Å²) in [4.78, 5) is 0. The molecule has 3 saturated heterocycles. The molecule has 0 atom stereocenters. The molecule has 0 unspecified atom stereocenters. The summed E-state index contributed by atoms with van der Waals surface area (Å²) in [6, 6.07) is 0. The van der Waals surface area contributed by atoms with E-state index in [-0.39, 0.29) is 0 Å². The van der Waals surface area contributed by atoms with Gasteiger partial charge in [-0.25, -0.2) is 8.88 Å². The second-order valence-electron chi connectivity index (χ2n) is 3.34. The zero-order chi connectivity index (χ0) is 6.55. The molecule has 4 heteroatoms. The minimum atomic E-state index is 0.476. The first-order valence-electron chi connectivity index (χ1n) is 4.23. The van der Waals surface area contributed by atoms with E-state index in [0.29, 0.717) is 16.4 Å². The highest BCUT2D eigenvalue weighted by Gasteiger charge is 2.64. The lowest BCUT2D eigenvalue weighted by atomic mass is 10.5. The van der Waals surface area contributed by atoms with Gasteiger partial charge in [-0.3, -0.25) is 0 Å². The van der Waals surface area contributed by atoms with Gasteiger partial charge in [-0.15, -0.1) is 0 Å². The van der Waals surface area contributed by atoms with Crippen molar-refractivity contribution in [2.75, 3.05) is 25.4 Å². The van der Waals surface area contributed by atoms with Crippen molar-refractivity contribution in [3.05, 3.63) is 0 Å². The van der Waals surface area contributed by atoms with Crippen LogP contribution in [0.5, 0.6) is 0 Å². The third kappa shape index (κ3) is 0.642. The van der Waals surface area contributed by atoms with Crippen LogP contribution in [-0.2, 0) is 0 Å². The van der Waals surface area contributed by atoms with Crippen molar-refractivity contribution in [2.24, 2.45) is 0 Å². The largest absolute Gasteiger partial charge is 0.330 e. The van der Waals surface area contributed by atoms with E-state index in [9.17, 15) is 0 Å².